The molecule has 1 fully saturated rings. The number of hydrogen-bond acceptors (Lipinski definition) is 4. The predicted octanol–water partition coefficient (Wildman–Crippen LogP) is 2.35. The van der Waals surface area contributed by atoms with Gasteiger partial charge in [-0.3, -0.25) is 0 Å². The van der Waals surface area contributed by atoms with Crippen molar-refractivity contribution in [2.75, 3.05) is 49.5 Å². The van der Waals surface area contributed by atoms with E-state index in [1.165, 1.54) is 6.07 Å². The summed E-state index contributed by atoms with van der Waals surface area (Å²) in [6, 6.07) is 2.22. The molecule has 0 aliphatic carbocycles. The molecule has 0 saturated carbocycles. The second-order valence-corrected chi connectivity index (χ2v) is 6.33. The highest BCUT2D eigenvalue weighted by Gasteiger charge is 2.32. The summed E-state index contributed by atoms with van der Waals surface area (Å²) in [4.78, 5) is 16.3. The SMILES string of the molecule is CCN1CCN(c2ccc(C(F)(F)F)cc2NC(=O)NC(C)CO)CC1. The number of carbonyl (C=O) groups is 1. The largest absolute Gasteiger partial charge is 0.416 e. The molecule has 1 aromatic carbocycles. The zero-order chi connectivity index (χ0) is 19.3. The van der Waals surface area contributed by atoms with Crippen molar-refractivity contribution in [2.24, 2.45) is 0 Å². The van der Waals surface area contributed by atoms with Gasteiger partial charge < -0.3 is 25.5 Å². The second kappa shape index (κ2) is 8.59. The molecule has 0 radical (unpaired) electrons. The fraction of sp³-hybridized carbons (Fsp3) is 0.588. The lowest BCUT2D eigenvalue weighted by Crippen LogP contribution is -2.46. The number of aliphatic hydroxyl groups is 1. The third-order valence-electron chi connectivity index (χ3n) is 4.38. The maximum atomic E-state index is 13.1. The van der Waals surface area contributed by atoms with Crippen LogP contribution in [-0.4, -0.2) is 61.4 Å². The van der Waals surface area contributed by atoms with Gasteiger partial charge in [-0.1, -0.05) is 6.92 Å². The van der Waals surface area contributed by atoms with Crippen molar-refractivity contribution in [3.05, 3.63) is 23.8 Å². The number of rotatable bonds is 5. The van der Waals surface area contributed by atoms with E-state index in [1.54, 1.807) is 6.92 Å². The van der Waals surface area contributed by atoms with E-state index in [0.717, 1.165) is 31.8 Å². The molecular formula is C17H25F3N4O2. The van der Waals surface area contributed by atoms with Crippen molar-refractivity contribution in [1.29, 1.82) is 0 Å². The molecule has 2 rings (SSSR count). The van der Waals surface area contributed by atoms with Crippen LogP contribution in [-0.2, 0) is 6.18 Å². The molecule has 0 aromatic heterocycles. The summed E-state index contributed by atoms with van der Waals surface area (Å²) >= 11 is 0. The highest BCUT2D eigenvalue weighted by atomic mass is 19.4. The van der Waals surface area contributed by atoms with Gasteiger partial charge in [0.25, 0.3) is 0 Å². The molecule has 9 heteroatoms. The molecule has 0 bridgehead atoms. The Balaban J connectivity index is 2.24. The van der Waals surface area contributed by atoms with E-state index in [9.17, 15) is 18.0 Å². The molecule has 1 aliphatic heterocycles. The Morgan fingerprint density at radius 1 is 1.27 bits per heavy atom. The summed E-state index contributed by atoms with van der Waals surface area (Å²) in [6.07, 6.45) is -4.50. The van der Waals surface area contributed by atoms with E-state index in [1.807, 2.05) is 4.90 Å². The van der Waals surface area contributed by atoms with Crippen LogP contribution >= 0.6 is 0 Å². The van der Waals surface area contributed by atoms with Crippen LogP contribution in [0.15, 0.2) is 18.2 Å². The monoisotopic (exact) mass is 374 g/mol. The maximum absolute atomic E-state index is 13.1. The number of benzene rings is 1. The van der Waals surface area contributed by atoms with Gasteiger partial charge in [0.05, 0.1) is 29.6 Å². The average molecular weight is 374 g/mol. The molecule has 3 N–H and O–H groups in total. The number of aliphatic hydroxyl groups excluding tert-OH is 1. The van der Waals surface area contributed by atoms with Crippen molar-refractivity contribution in [3.8, 4) is 0 Å². The Kier molecular flexibility index (Phi) is 6.71. The number of likely N-dealkylation sites (N-methyl/N-ethyl adjacent to an activating group) is 1. The summed E-state index contributed by atoms with van der Waals surface area (Å²) in [6.45, 7) is 7.28. The zero-order valence-corrected chi connectivity index (χ0v) is 14.9. The number of nitrogens with one attached hydrogen (secondary N) is 2. The predicted molar refractivity (Wildman–Crippen MR) is 94.5 cm³/mol. The van der Waals surface area contributed by atoms with Gasteiger partial charge in [-0.2, -0.15) is 13.2 Å². The van der Waals surface area contributed by atoms with E-state index >= 15 is 0 Å². The van der Waals surface area contributed by atoms with Crippen molar-refractivity contribution < 1.29 is 23.1 Å². The van der Waals surface area contributed by atoms with E-state index in [0.29, 0.717) is 18.8 Å². The molecule has 1 saturated heterocycles. The molecule has 1 heterocycles. The van der Waals surface area contributed by atoms with Crippen LogP contribution in [0.1, 0.15) is 19.4 Å². The number of carbonyl (C=O) groups excluding carboxylic acids is 1. The fourth-order valence-electron chi connectivity index (χ4n) is 2.82. The van der Waals surface area contributed by atoms with Crippen LogP contribution in [0.2, 0.25) is 0 Å². The van der Waals surface area contributed by atoms with Crippen LogP contribution in [0.5, 0.6) is 0 Å². The van der Waals surface area contributed by atoms with Crippen LogP contribution in [0.3, 0.4) is 0 Å². The van der Waals surface area contributed by atoms with Crippen LogP contribution < -0.4 is 15.5 Å². The Morgan fingerprint density at radius 2 is 1.92 bits per heavy atom. The normalized spacial score (nSPS) is 17.1. The number of hydrogen-bond donors (Lipinski definition) is 3. The van der Waals surface area contributed by atoms with Crippen molar-refractivity contribution >= 4 is 17.4 Å². The number of urea groups is 1. The van der Waals surface area contributed by atoms with Crippen molar-refractivity contribution in [1.82, 2.24) is 10.2 Å². The molecule has 0 spiro atoms. The smallest absolute Gasteiger partial charge is 0.394 e. The van der Waals surface area contributed by atoms with Crippen molar-refractivity contribution in [3.63, 3.8) is 0 Å². The molecule has 26 heavy (non-hydrogen) atoms. The number of nitrogens with zero attached hydrogens (tertiary/aromatic N) is 2. The van der Waals surface area contributed by atoms with Gasteiger partial charge in [-0.05, 0) is 31.7 Å². The lowest BCUT2D eigenvalue weighted by atomic mass is 10.1. The summed E-state index contributed by atoms with van der Waals surface area (Å²) in [7, 11) is 0. The fourth-order valence-corrected chi connectivity index (χ4v) is 2.82. The van der Waals surface area contributed by atoms with E-state index in [2.05, 4.69) is 22.5 Å². The topological polar surface area (TPSA) is 67.8 Å². The third-order valence-corrected chi connectivity index (χ3v) is 4.38. The molecule has 1 unspecified atom stereocenters. The summed E-state index contributed by atoms with van der Waals surface area (Å²) in [5, 5.41) is 14.0. The van der Waals surface area contributed by atoms with Crippen molar-refractivity contribution in [2.45, 2.75) is 26.1 Å². The number of piperazine rings is 1. The Morgan fingerprint density at radius 3 is 2.46 bits per heavy atom. The van der Waals surface area contributed by atoms with E-state index in [4.69, 9.17) is 5.11 Å². The van der Waals surface area contributed by atoms with Gasteiger partial charge in [0.1, 0.15) is 0 Å². The van der Waals surface area contributed by atoms with Gasteiger partial charge in [0.2, 0.25) is 0 Å². The first-order valence-electron chi connectivity index (χ1n) is 8.61. The van der Waals surface area contributed by atoms with Gasteiger partial charge in [-0.25, -0.2) is 4.79 Å². The van der Waals surface area contributed by atoms with Gasteiger partial charge in [0.15, 0.2) is 0 Å². The minimum absolute atomic E-state index is 0.104. The van der Waals surface area contributed by atoms with Gasteiger partial charge in [0, 0.05) is 26.2 Å². The van der Waals surface area contributed by atoms with Crippen LogP contribution in [0.4, 0.5) is 29.3 Å². The molecule has 1 atom stereocenters. The summed E-state index contributed by atoms with van der Waals surface area (Å²) in [5.74, 6) is 0. The second-order valence-electron chi connectivity index (χ2n) is 6.33. The molecule has 2 amide bonds. The lowest BCUT2D eigenvalue weighted by Gasteiger charge is -2.36. The van der Waals surface area contributed by atoms with Gasteiger partial charge in [-0.15, -0.1) is 0 Å². The number of anilines is 2. The summed E-state index contributed by atoms with van der Waals surface area (Å²) < 4.78 is 39.2. The molecule has 1 aromatic rings. The highest BCUT2D eigenvalue weighted by Crippen LogP contribution is 2.35. The number of halogens is 3. The highest BCUT2D eigenvalue weighted by molar-refractivity contribution is 5.93. The quantitative estimate of drug-likeness (QED) is 0.740. The Hall–Kier alpha value is -2.00. The number of alkyl halides is 3. The van der Waals surface area contributed by atoms with E-state index < -0.39 is 23.8 Å². The standard InChI is InChI=1S/C17H25F3N4O2/c1-3-23-6-8-24(9-7-23)15-5-4-13(17(18,19)20)10-14(15)22-16(26)21-12(2)11-25/h4-5,10,12,25H,3,6-9,11H2,1-2H3,(H2,21,22,26). The first-order chi connectivity index (χ1) is 12.2. The maximum Gasteiger partial charge on any atom is 0.416 e. The van der Waals surface area contributed by atoms with Crippen LogP contribution in [0.25, 0.3) is 0 Å². The van der Waals surface area contributed by atoms with Crippen LogP contribution in [0, 0.1) is 0 Å². The first kappa shape index (κ1) is 20.3. The van der Waals surface area contributed by atoms with Gasteiger partial charge >= 0.3 is 12.2 Å². The van der Waals surface area contributed by atoms with E-state index in [-0.39, 0.29) is 12.3 Å². The number of amides is 2. The molecule has 6 nitrogen and oxygen atoms in total. The minimum Gasteiger partial charge on any atom is -0.394 e. The Labute approximate surface area is 151 Å². The Bertz CT molecular complexity index is 617. The minimum atomic E-state index is -4.50. The molecular weight excluding hydrogens is 349 g/mol. The zero-order valence-electron chi connectivity index (χ0n) is 14.9. The third kappa shape index (κ3) is 5.25. The molecule has 146 valence electrons. The lowest BCUT2D eigenvalue weighted by molar-refractivity contribution is -0.137. The summed E-state index contributed by atoms with van der Waals surface area (Å²) in [5.41, 5.74) is -0.160. The molecule has 1 aliphatic rings. The average Bonchev–Trinajstić information content (AvgIpc) is 2.60. The first-order valence-corrected chi connectivity index (χ1v) is 8.61.